The molecule has 2 fully saturated rings. The van der Waals surface area contributed by atoms with E-state index in [4.69, 9.17) is 19.2 Å². The number of morpholine rings is 1. The van der Waals surface area contributed by atoms with Gasteiger partial charge in [-0.1, -0.05) is 6.07 Å². The zero-order valence-corrected chi connectivity index (χ0v) is 15.9. The summed E-state index contributed by atoms with van der Waals surface area (Å²) in [4.78, 5) is 19.1. The monoisotopic (exact) mass is 363 g/mol. The normalized spacial score (nSPS) is 21.6. The van der Waals surface area contributed by atoms with Gasteiger partial charge in [0, 0.05) is 32.2 Å². The zero-order valence-electron chi connectivity index (χ0n) is 15.9. The summed E-state index contributed by atoms with van der Waals surface area (Å²) >= 11 is 0. The second kappa shape index (κ2) is 8.33. The van der Waals surface area contributed by atoms with Gasteiger partial charge in [0.1, 0.15) is 11.4 Å². The lowest BCUT2D eigenvalue weighted by molar-refractivity contribution is 0.0335. The molecule has 7 nitrogen and oxygen atoms in total. The third kappa shape index (κ3) is 5.40. The molecule has 1 unspecified atom stereocenters. The van der Waals surface area contributed by atoms with Crippen LogP contribution in [0.2, 0.25) is 0 Å². The van der Waals surface area contributed by atoms with Gasteiger partial charge < -0.3 is 14.2 Å². The average Bonchev–Trinajstić information content (AvgIpc) is 3.08. The largest absolute Gasteiger partial charge is 0.444 e. The van der Waals surface area contributed by atoms with E-state index >= 15 is 0 Å². The minimum atomic E-state index is -0.540. The van der Waals surface area contributed by atoms with Crippen LogP contribution in [0, 0.1) is 0 Å². The number of rotatable bonds is 4. The van der Waals surface area contributed by atoms with Crippen molar-refractivity contribution in [2.75, 3.05) is 44.8 Å². The van der Waals surface area contributed by atoms with E-state index in [-0.39, 0.29) is 0 Å². The van der Waals surface area contributed by atoms with Gasteiger partial charge in [0.05, 0.1) is 25.5 Å². The summed E-state index contributed by atoms with van der Waals surface area (Å²) < 4.78 is 16.3. The minimum absolute atomic E-state index is 0.370. The molecule has 144 valence electrons. The molecule has 1 atom stereocenters. The van der Waals surface area contributed by atoms with Crippen molar-refractivity contribution in [1.29, 1.82) is 0 Å². The molecule has 2 saturated heterocycles. The number of carbonyl (C=O) groups is 1. The van der Waals surface area contributed by atoms with Crippen LogP contribution < -0.4 is 5.32 Å². The van der Waals surface area contributed by atoms with Crippen LogP contribution in [0.5, 0.6) is 0 Å². The molecule has 7 heteroatoms. The predicted molar refractivity (Wildman–Crippen MR) is 98.4 cm³/mol. The first-order chi connectivity index (χ1) is 12.4. The van der Waals surface area contributed by atoms with Crippen molar-refractivity contribution in [2.45, 2.75) is 45.3 Å². The molecule has 1 aromatic heterocycles. The highest BCUT2D eigenvalue weighted by atomic mass is 16.6. The van der Waals surface area contributed by atoms with Crippen molar-refractivity contribution >= 4 is 11.9 Å². The van der Waals surface area contributed by atoms with Crippen molar-refractivity contribution in [2.24, 2.45) is 0 Å². The fourth-order valence-corrected chi connectivity index (χ4v) is 3.24. The molecule has 1 N–H and O–H groups in total. The van der Waals surface area contributed by atoms with Gasteiger partial charge in [-0.05, 0) is 38.8 Å². The SMILES string of the molecule is CC(C)(C)OC(=O)Nc1ccc(C2CCOC2)c(CN2CCOCC2)n1. The van der Waals surface area contributed by atoms with Gasteiger partial charge in [0.15, 0.2) is 0 Å². The number of aromatic nitrogens is 1. The van der Waals surface area contributed by atoms with Gasteiger partial charge >= 0.3 is 6.09 Å². The maximum atomic E-state index is 12.1. The van der Waals surface area contributed by atoms with Crippen molar-refractivity contribution in [1.82, 2.24) is 9.88 Å². The number of pyridine rings is 1. The van der Waals surface area contributed by atoms with Crippen LogP contribution in [0.3, 0.4) is 0 Å². The Kier molecular flexibility index (Phi) is 6.11. The highest BCUT2D eigenvalue weighted by Crippen LogP contribution is 2.29. The maximum absolute atomic E-state index is 12.1. The van der Waals surface area contributed by atoms with E-state index in [9.17, 15) is 4.79 Å². The van der Waals surface area contributed by atoms with Crippen LogP contribution in [0.1, 0.15) is 44.4 Å². The van der Waals surface area contributed by atoms with Crippen molar-refractivity contribution in [3.8, 4) is 0 Å². The van der Waals surface area contributed by atoms with Crippen LogP contribution in [-0.2, 0) is 20.8 Å². The van der Waals surface area contributed by atoms with E-state index in [2.05, 4.69) is 16.3 Å². The van der Waals surface area contributed by atoms with Gasteiger partial charge in [-0.2, -0.15) is 0 Å². The number of carbonyl (C=O) groups excluding carboxylic acids is 1. The first-order valence-electron chi connectivity index (χ1n) is 9.28. The van der Waals surface area contributed by atoms with Gasteiger partial charge in [-0.15, -0.1) is 0 Å². The smallest absolute Gasteiger partial charge is 0.413 e. The highest BCUT2D eigenvalue weighted by molar-refractivity contribution is 5.83. The molecule has 1 amide bonds. The van der Waals surface area contributed by atoms with Crippen LogP contribution in [0.25, 0.3) is 0 Å². The van der Waals surface area contributed by atoms with Crippen molar-refractivity contribution in [3.63, 3.8) is 0 Å². The summed E-state index contributed by atoms with van der Waals surface area (Å²) in [5, 5.41) is 2.75. The molecule has 0 aromatic carbocycles. The molecule has 2 aliphatic rings. The number of nitrogens with zero attached hydrogens (tertiary/aromatic N) is 2. The summed E-state index contributed by atoms with van der Waals surface area (Å²) in [6.45, 7) is 11.1. The van der Waals surface area contributed by atoms with Crippen LogP contribution in [0.4, 0.5) is 10.6 Å². The minimum Gasteiger partial charge on any atom is -0.444 e. The van der Waals surface area contributed by atoms with Crippen molar-refractivity contribution < 1.29 is 19.0 Å². The molecule has 1 aromatic rings. The molecule has 0 saturated carbocycles. The third-order valence-corrected chi connectivity index (χ3v) is 4.49. The maximum Gasteiger partial charge on any atom is 0.413 e. The number of hydrogen-bond donors (Lipinski definition) is 1. The van der Waals surface area contributed by atoms with E-state index in [1.54, 1.807) is 0 Å². The second-order valence-corrected chi connectivity index (χ2v) is 7.81. The highest BCUT2D eigenvalue weighted by Gasteiger charge is 2.24. The Morgan fingerprint density at radius 2 is 2.04 bits per heavy atom. The second-order valence-electron chi connectivity index (χ2n) is 7.81. The van der Waals surface area contributed by atoms with E-state index in [1.165, 1.54) is 5.56 Å². The van der Waals surface area contributed by atoms with Crippen molar-refractivity contribution in [3.05, 3.63) is 23.4 Å². The molecule has 0 aliphatic carbocycles. The van der Waals surface area contributed by atoms with Gasteiger partial charge in [-0.3, -0.25) is 10.2 Å². The van der Waals surface area contributed by atoms with E-state index in [1.807, 2.05) is 26.8 Å². The Hall–Kier alpha value is -1.70. The quantitative estimate of drug-likeness (QED) is 0.887. The van der Waals surface area contributed by atoms with E-state index < -0.39 is 11.7 Å². The van der Waals surface area contributed by atoms with Crippen LogP contribution >= 0.6 is 0 Å². The molecule has 0 spiro atoms. The number of ether oxygens (including phenoxy) is 3. The Balaban J connectivity index is 1.76. The Labute approximate surface area is 155 Å². The fraction of sp³-hybridized carbons (Fsp3) is 0.684. The topological polar surface area (TPSA) is 72.9 Å². The lowest BCUT2D eigenvalue weighted by atomic mass is 9.96. The number of hydrogen-bond acceptors (Lipinski definition) is 6. The van der Waals surface area contributed by atoms with E-state index in [0.717, 1.165) is 58.2 Å². The molecule has 3 rings (SSSR count). The summed E-state index contributed by atoms with van der Waals surface area (Å²) in [5.74, 6) is 0.888. The molecule has 2 aliphatic heterocycles. The van der Waals surface area contributed by atoms with Gasteiger partial charge in [0.2, 0.25) is 0 Å². The molecule has 3 heterocycles. The van der Waals surface area contributed by atoms with Gasteiger partial charge in [0.25, 0.3) is 0 Å². The lowest BCUT2D eigenvalue weighted by Gasteiger charge is -2.27. The molecular formula is C19H29N3O4. The first-order valence-corrected chi connectivity index (χ1v) is 9.28. The number of nitrogens with one attached hydrogen (secondary N) is 1. The first kappa shape index (κ1) is 19.1. The molecular weight excluding hydrogens is 334 g/mol. The van der Waals surface area contributed by atoms with Gasteiger partial charge in [-0.25, -0.2) is 9.78 Å². The zero-order chi connectivity index (χ0) is 18.6. The number of anilines is 1. The number of amides is 1. The summed E-state index contributed by atoms with van der Waals surface area (Å²) in [6.07, 6.45) is 0.524. The third-order valence-electron chi connectivity index (χ3n) is 4.49. The van der Waals surface area contributed by atoms with E-state index in [0.29, 0.717) is 11.7 Å². The average molecular weight is 363 g/mol. The summed E-state index contributed by atoms with van der Waals surface area (Å²) in [7, 11) is 0. The molecule has 0 bridgehead atoms. The fourth-order valence-electron chi connectivity index (χ4n) is 3.24. The standard InChI is InChI=1S/C19H29N3O4/c1-19(2,3)26-18(23)21-17-5-4-15(14-6-9-25-13-14)16(20-17)12-22-7-10-24-11-8-22/h4-5,14H,6-13H2,1-3H3,(H,20,21,23). The van der Waals surface area contributed by atoms with Crippen LogP contribution in [-0.4, -0.2) is 61.1 Å². The van der Waals surface area contributed by atoms with Crippen LogP contribution in [0.15, 0.2) is 12.1 Å². The summed E-state index contributed by atoms with van der Waals surface area (Å²) in [5.41, 5.74) is 1.67. The Morgan fingerprint density at radius 3 is 2.69 bits per heavy atom. The molecule has 0 radical (unpaired) electrons. The lowest BCUT2D eigenvalue weighted by Crippen LogP contribution is -2.36. The Morgan fingerprint density at radius 1 is 1.27 bits per heavy atom. The summed E-state index contributed by atoms with van der Waals surface area (Å²) in [6, 6.07) is 3.91. The predicted octanol–water partition coefficient (Wildman–Crippen LogP) is 2.76. The molecule has 26 heavy (non-hydrogen) atoms. The Bertz CT molecular complexity index is 618.